The molecule has 2 heteroatoms. The summed E-state index contributed by atoms with van der Waals surface area (Å²) in [4.78, 5) is 0. The smallest absolute Gasteiger partial charge is 0.00508 e. The van der Waals surface area contributed by atoms with E-state index in [2.05, 4.69) is 6.92 Å². The Bertz CT molecular complexity index is 64.3. The first-order valence-corrected chi connectivity index (χ1v) is 4.27. The van der Waals surface area contributed by atoms with Crippen LogP contribution >= 0.6 is 0 Å². The molecule has 4 N–H and O–H groups in total. The molecule has 62 valence electrons. The molecule has 0 aliphatic rings. The quantitative estimate of drug-likeness (QED) is 0.551. The lowest BCUT2D eigenvalue weighted by atomic mass is 10.1. The van der Waals surface area contributed by atoms with Crippen molar-refractivity contribution >= 4 is 0 Å². The normalized spacial score (nSPS) is 13.5. The standard InChI is InChI=1S/C8H20N2/c1-2-3-4-5-8(10)6-7-9/h8H,2-7,9-10H2,1H3. The van der Waals surface area contributed by atoms with Gasteiger partial charge < -0.3 is 11.5 Å². The molecular weight excluding hydrogens is 124 g/mol. The molecule has 0 rings (SSSR count). The molecule has 0 amide bonds. The number of nitrogens with two attached hydrogens (primary N) is 2. The Morgan fingerprint density at radius 2 is 1.90 bits per heavy atom. The zero-order chi connectivity index (χ0) is 7.82. The van der Waals surface area contributed by atoms with Crippen LogP contribution in [0, 0.1) is 0 Å². The second-order valence-electron chi connectivity index (χ2n) is 2.83. The molecule has 0 aromatic rings. The van der Waals surface area contributed by atoms with Gasteiger partial charge in [0.1, 0.15) is 0 Å². The van der Waals surface area contributed by atoms with Crippen molar-refractivity contribution in [2.45, 2.75) is 45.1 Å². The van der Waals surface area contributed by atoms with Crippen LogP contribution in [0.2, 0.25) is 0 Å². The first kappa shape index (κ1) is 9.92. The van der Waals surface area contributed by atoms with Crippen LogP contribution in [-0.4, -0.2) is 12.6 Å². The third-order valence-corrected chi connectivity index (χ3v) is 1.72. The summed E-state index contributed by atoms with van der Waals surface area (Å²) in [5, 5.41) is 0. The lowest BCUT2D eigenvalue weighted by molar-refractivity contribution is 0.534. The summed E-state index contributed by atoms with van der Waals surface area (Å²) in [5.41, 5.74) is 11.1. The fourth-order valence-corrected chi connectivity index (χ4v) is 1.01. The van der Waals surface area contributed by atoms with Crippen molar-refractivity contribution in [2.24, 2.45) is 11.5 Å². The van der Waals surface area contributed by atoms with Crippen LogP contribution in [0.15, 0.2) is 0 Å². The highest BCUT2D eigenvalue weighted by Gasteiger charge is 1.98. The Hall–Kier alpha value is -0.0800. The van der Waals surface area contributed by atoms with E-state index in [4.69, 9.17) is 11.5 Å². The van der Waals surface area contributed by atoms with E-state index in [-0.39, 0.29) is 0 Å². The van der Waals surface area contributed by atoms with E-state index < -0.39 is 0 Å². The van der Waals surface area contributed by atoms with Gasteiger partial charge in [0.05, 0.1) is 0 Å². The number of hydrogen-bond donors (Lipinski definition) is 2. The van der Waals surface area contributed by atoms with Gasteiger partial charge >= 0.3 is 0 Å². The predicted molar refractivity (Wildman–Crippen MR) is 45.8 cm³/mol. The Morgan fingerprint density at radius 3 is 2.40 bits per heavy atom. The monoisotopic (exact) mass is 144 g/mol. The first-order chi connectivity index (χ1) is 4.81. The molecule has 0 radical (unpaired) electrons. The van der Waals surface area contributed by atoms with Crippen LogP contribution < -0.4 is 11.5 Å². The maximum absolute atomic E-state index is 5.74. The van der Waals surface area contributed by atoms with Gasteiger partial charge in [-0.25, -0.2) is 0 Å². The van der Waals surface area contributed by atoms with Gasteiger partial charge in [0, 0.05) is 6.04 Å². The van der Waals surface area contributed by atoms with Crippen LogP contribution in [0.4, 0.5) is 0 Å². The van der Waals surface area contributed by atoms with Crippen molar-refractivity contribution in [2.75, 3.05) is 6.54 Å². The van der Waals surface area contributed by atoms with Gasteiger partial charge in [-0.1, -0.05) is 26.2 Å². The van der Waals surface area contributed by atoms with Crippen molar-refractivity contribution in [1.29, 1.82) is 0 Å². The topological polar surface area (TPSA) is 52.0 Å². The summed E-state index contributed by atoms with van der Waals surface area (Å²) in [6.45, 7) is 2.93. The second-order valence-corrected chi connectivity index (χ2v) is 2.83. The van der Waals surface area contributed by atoms with Gasteiger partial charge in [-0.15, -0.1) is 0 Å². The lowest BCUT2D eigenvalue weighted by Crippen LogP contribution is -2.23. The molecule has 0 aliphatic heterocycles. The zero-order valence-electron chi connectivity index (χ0n) is 6.97. The van der Waals surface area contributed by atoms with Crippen molar-refractivity contribution < 1.29 is 0 Å². The highest BCUT2D eigenvalue weighted by molar-refractivity contribution is 4.60. The van der Waals surface area contributed by atoms with Crippen LogP contribution in [0.1, 0.15) is 39.0 Å². The van der Waals surface area contributed by atoms with E-state index in [1.165, 1.54) is 19.3 Å². The van der Waals surface area contributed by atoms with E-state index in [0.29, 0.717) is 6.04 Å². The van der Waals surface area contributed by atoms with Crippen molar-refractivity contribution in [3.63, 3.8) is 0 Å². The molecular formula is C8H20N2. The average Bonchev–Trinajstić information content (AvgIpc) is 1.89. The third kappa shape index (κ3) is 6.05. The largest absolute Gasteiger partial charge is 0.330 e. The minimum Gasteiger partial charge on any atom is -0.330 e. The fraction of sp³-hybridized carbons (Fsp3) is 1.00. The van der Waals surface area contributed by atoms with Crippen LogP contribution in [0.3, 0.4) is 0 Å². The highest BCUT2D eigenvalue weighted by Crippen LogP contribution is 2.02. The molecule has 0 saturated carbocycles. The lowest BCUT2D eigenvalue weighted by Gasteiger charge is -2.08. The number of hydrogen-bond acceptors (Lipinski definition) is 2. The molecule has 1 unspecified atom stereocenters. The third-order valence-electron chi connectivity index (χ3n) is 1.72. The van der Waals surface area contributed by atoms with Gasteiger partial charge in [-0.2, -0.15) is 0 Å². The Kier molecular flexibility index (Phi) is 6.98. The molecule has 0 aromatic heterocycles. The maximum atomic E-state index is 5.74. The van der Waals surface area contributed by atoms with E-state index in [0.717, 1.165) is 19.4 Å². The summed E-state index contributed by atoms with van der Waals surface area (Å²) in [6.07, 6.45) is 5.96. The Morgan fingerprint density at radius 1 is 1.20 bits per heavy atom. The molecule has 0 heterocycles. The minimum atomic E-state index is 0.344. The summed E-state index contributed by atoms with van der Waals surface area (Å²) < 4.78 is 0. The molecule has 0 spiro atoms. The van der Waals surface area contributed by atoms with Crippen LogP contribution in [0.5, 0.6) is 0 Å². The molecule has 0 fully saturated rings. The molecule has 10 heavy (non-hydrogen) atoms. The zero-order valence-corrected chi connectivity index (χ0v) is 6.97. The summed E-state index contributed by atoms with van der Waals surface area (Å²) >= 11 is 0. The van der Waals surface area contributed by atoms with Crippen molar-refractivity contribution in [3.05, 3.63) is 0 Å². The Balaban J connectivity index is 2.97. The molecule has 0 aromatic carbocycles. The highest BCUT2D eigenvalue weighted by atomic mass is 14.6. The minimum absolute atomic E-state index is 0.344. The SMILES string of the molecule is CCCCCC(N)CCN. The number of unbranched alkanes of at least 4 members (excludes halogenated alkanes) is 2. The summed E-state index contributed by atoms with van der Waals surface area (Å²) in [5.74, 6) is 0. The molecule has 0 saturated heterocycles. The molecule has 0 aliphatic carbocycles. The first-order valence-electron chi connectivity index (χ1n) is 4.27. The molecule has 1 atom stereocenters. The van der Waals surface area contributed by atoms with E-state index in [1.54, 1.807) is 0 Å². The maximum Gasteiger partial charge on any atom is 0.00508 e. The fourth-order valence-electron chi connectivity index (χ4n) is 1.01. The van der Waals surface area contributed by atoms with E-state index >= 15 is 0 Å². The van der Waals surface area contributed by atoms with Gasteiger partial charge in [-0.3, -0.25) is 0 Å². The Labute approximate surface area is 64.0 Å². The number of rotatable bonds is 6. The van der Waals surface area contributed by atoms with Gasteiger partial charge in [0.2, 0.25) is 0 Å². The summed E-state index contributed by atoms with van der Waals surface area (Å²) in [7, 11) is 0. The molecule has 0 bridgehead atoms. The average molecular weight is 144 g/mol. The summed E-state index contributed by atoms with van der Waals surface area (Å²) in [6, 6.07) is 0.344. The molecule has 2 nitrogen and oxygen atoms in total. The van der Waals surface area contributed by atoms with Gasteiger partial charge in [-0.05, 0) is 19.4 Å². The second kappa shape index (κ2) is 7.03. The van der Waals surface area contributed by atoms with Crippen LogP contribution in [-0.2, 0) is 0 Å². The predicted octanol–water partition coefficient (Wildman–Crippen LogP) is 1.24. The van der Waals surface area contributed by atoms with E-state index in [9.17, 15) is 0 Å². The van der Waals surface area contributed by atoms with Crippen LogP contribution in [0.25, 0.3) is 0 Å². The van der Waals surface area contributed by atoms with E-state index in [1.807, 2.05) is 0 Å². The van der Waals surface area contributed by atoms with Crippen molar-refractivity contribution in [1.82, 2.24) is 0 Å². The van der Waals surface area contributed by atoms with Gasteiger partial charge in [0.15, 0.2) is 0 Å². The van der Waals surface area contributed by atoms with Gasteiger partial charge in [0.25, 0.3) is 0 Å². The van der Waals surface area contributed by atoms with Crippen molar-refractivity contribution in [3.8, 4) is 0 Å².